The lowest BCUT2D eigenvalue weighted by molar-refractivity contribution is -0.136. The Kier molecular flexibility index (Phi) is 9.88. The lowest BCUT2D eigenvalue weighted by atomic mass is 9.82. The van der Waals surface area contributed by atoms with Crippen molar-refractivity contribution in [2.24, 2.45) is 4.99 Å². The monoisotopic (exact) mass is 683 g/mol. The van der Waals surface area contributed by atoms with Gasteiger partial charge in [0.1, 0.15) is 12.3 Å². The predicted molar refractivity (Wildman–Crippen MR) is 151 cm³/mol. The molecule has 1 aliphatic heterocycles. The van der Waals surface area contributed by atoms with Crippen molar-refractivity contribution in [2.75, 3.05) is 19.8 Å². The van der Waals surface area contributed by atoms with Crippen LogP contribution >= 0.6 is 31.9 Å². The van der Waals surface area contributed by atoms with Gasteiger partial charge >= 0.3 is 6.18 Å². The lowest BCUT2D eigenvalue weighted by Gasteiger charge is -2.31. The van der Waals surface area contributed by atoms with Gasteiger partial charge in [0.15, 0.2) is 11.6 Å². The van der Waals surface area contributed by atoms with E-state index in [1.807, 2.05) is 23.6 Å². The number of nitrogens with one attached hydrogen (secondary N) is 2. The van der Waals surface area contributed by atoms with Crippen molar-refractivity contribution >= 4 is 43.7 Å². The Morgan fingerprint density at radius 1 is 1.02 bits per heavy atom. The van der Waals surface area contributed by atoms with E-state index < -0.39 is 30.3 Å². The molecule has 4 rings (SSSR count). The second-order valence-electron chi connectivity index (χ2n) is 9.00. The highest BCUT2D eigenvalue weighted by Crippen LogP contribution is 2.45. The Bertz CT molecular complexity index is 1360. The number of benzene rings is 3. The molecule has 12 heteroatoms. The standard InChI is InChI=1S/C28H26Br2F3N3O4/c29-22-8-3-1-6-19(22)16-27(26(38)36-34-17-28(31,32)33)24(21-7-2-4-9-23(21)30)40-25(35-27)18-10-12-20(13-11-18)39-15-5-14-37/h1-4,6-13,24,34,37H,5,14-17H2,(H,36,38)/t24-,27-/m0/s1. The molecule has 0 radical (unpaired) electrons. The average molecular weight is 685 g/mol. The molecule has 1 heterocycles. The molecule has 0 saturated carbocycles. The summed E-state index contributed by atoms with van der Waals surface area (Å²) >= 11 is 7.05. The third-order valence-electron chi connectivity index (χ3n) is 6.13. The van der Waals surface area contributed by atoms with Gasteiger partial charge in [-0.2, -0.15) is 13.2 Å². The zero-order valence-electron chi connectivity index (χ0n) is 21.1. The van der Waals surface area contributed by atoms with Crippen molar-refractivity contribution in [3.8, 4) is 5.75 Å². The molecule has 0 fully saturated rings. The van der Waals surface area contributed by atoms with Crippen LogP contribution in [-0.4, -0.2) is 48.4 Å². The maximum absolute atomic E-state index is 13.8. The maximum Gasteiger partial charge on any atom is 0.402 e. The molecular formula is C28H26Br2F3N3O4. The normalized spacial score (nSPS) is 18.6. The molecule has 0 unspecified atom stereocenters. The number of aliphatic hydroxyl groups excluding tert-OH is 1. The van der Waals surface area contributed by atoms with Crippen molar-refractivity contribution in [3.63, 3.8) is 0 Å². The third kappa shape index (κ3) is 7.22. The SMILES string of the molecule is O=C(NNCC(F)(F)F)[C@@]1(Cc2ccccc2Br)N=C(c2ccc(OCCCO)cc2)O[C@H]1c1ccccc1Br. The lowest BCUT2D eigenvalue weighted by Crippen LogP contribution is -2.55. The number of rotatable bonds is 11. The molecule has 0 bridgehead atoms. The van der Waals surface area contributed by atoms with Crippen LogP contribution in [0.2, 0.25) is 0 Å². The fraction of sp³-hybridized carbons (Fsp3) is 0.286. The summed E-state index contributed by atoms with van der Waals surface area (Å²) in [6.07, 6.45) is -5.02. The van der Waals surface area contributed by atoms with E-state index in [-0.39, 0.29) is 18.9 Å². The number of carbonyl (C=O) groups is 1. The van der Waals surface area contributed by atoms with E-state index in [2.05, 4.69) is 37.3 Å². The molecule has 1 aliphatic rings. The Morgan fingerprint density at radius 2 is 1.70 bits per heavy atom. The molecule has 0 aliphatic carbocycles. The number of hydrogen-bond acceptors (Lipinski definition) is 6. The number of alkyl halides is 3. The zero-order valence-corrected chi connectivity index (χ0v) is 24.2. The summed E-state index contributed by atoms with van der Waals surface area (Å²) in [4.78, 5) is 18.6. The molecule has 3 aromatic rings. The Morgan fingerprint density at radius 3 is 2.35 bits per heavy atom. The zero-order chi connectivity index (χ0) is 28.8. The van der Waals surface area contributed by atoms with E-state index in [0.717, 1.165) is 0 Å². The van der Waals surface area contributed by atoms with Gasteiger partial charge in [0.2, 0.25) is 5.90 Å². The second-order valence-corrected chi connectivity index (χ2v) is 10.7. The van der Waals surface area contributed by atoms with Crippen molar-refractivity contribution in [2.45, 2.75) is 30.7 Å². The predicted octanol–water partition coefficient (Wildman–Crippen LogP) is 5.66. The van der Waals surface area contributed by atoms with Gasteiger partial charge in [-0.15, -0.1) is 0 Å². The van der Waals surface area contributed by atoms with Crippen LogP contribution in [0, 0.1) is 0 Å². The number of nitrogens with zero attached hydrogens (tertiary/aromatic N) is 1. The summed E-state index contributed by atoms with van der Waals surface area (Å²) in [6, 6.07) is 21.3. The van der Waals surface area contributed by atoms with Gasteiger partial charge in [-0.3, -0.25) is 10.2 Å². The van der Waals surface area contributed by atoms with E-state index in [4.69, 9.17) is 19.6 Å². The van der Waals surface area contributed by atoms with Crippen LogP contribution in [0.25, 0.3) is 0 Å². The fourth-order valence-electron chi connectivity index (χ4n) is 4.21. The van der Waals surface area contributed by atoms with Crippen LogP contribution in [0.3, 0.4) is 0 Å². The molecule has 0 spiro atoms. The van der Waals surface area contributed by atoms with Gasteiger partial charge in [-0.05, 0) is 42.0 Å². The maximum atomic E-state index is 13.8. The van der Waals surface area contributed by atoms with E-state index in [9.17, 15) is 18.0 Å². The van der Waals surface area contributed by atoms with Crippen LogP contribution in [-0.2, 0) is 16.0 Å². The molecule has 7 nitrogen and oxygen atoms in total. The highest BCUT2D eigenvalue weighted by Gasteiger charge is 2.54. The average Bonchev–Trinajstić information content (AvgIpc) is 3.30. The number of hydrazine groups is 1. The number of ether oxygens (including phenoxy) is 2. The number of aliphatic imine (C=N–C) groups is 1. The molecule has 212 valence electrons. The molecule has 3 N–H and O–H groups in total. The number of halogens is 5. The van der Waals surface area contributed by atoms with E-state index >= 15 is 0 Å². The minimum Gasteiger partial charge on any atom is -0.494 e. The highest BCUT2D eigenvalue weighted by atomic mass is 79.9. The van der Waals surface area contributed by atoms with Gasteiger partial charge in [-0.25, -0.2) is 10.4 Å². The summed E-state index contributed by atoms with van der Waals surface area (Å²) in [7, 11) is 0. The second kappa shape index (κ2) is 13.2. The first-order valence-corrected chi connectivity index (χ1v) is 13.9. The number of aliphatic hydroxyl groups is 1. The quantitative estimate of drug-likeness (QED) is 0.179. The minimum atomic E-state index is -4.54. The Hall–Kier alpha value is -2.93. The van der Waals surface area contributed by atoms with Gasteiger partial charge < -0.3 is 14.6 Å². The molecule has 2 atom stereocenters. The first-order valence-electron chi connectivity index (χ1n) is 12.3. The van der Waals surface area contributed by atoms with Crippen LogP contribution in [0.5, 0.6) is 5.75 Å². The van der Waals surface area contributed by atoms with E-state index in [0.29, 0.717) is 44.4 Å². The fourth-order valence-corrected chi connectivity index (χ4v) is 5.13. The molecule has 0 aromatic heterocycles. The van der Waals surface area contributed by atoms with Crippen LogP contribution in [0.4, 0.5) is 13.2 Å². The number of carbonyl (C=O) groups excluding carboxylic acids is 1. The van der Waals surface area contributed by atoms with Gasteiger partial charge in [0.05, 0.1) is 6.61 Å². The summed E-state index contributed by atoms with van der Waals surface area (Å²) in [5, 5.41) is 8.97. The summed E-state index contributed by atoms with van der Waals surface area (Å²) < 4.78 is 52.0. The molecule has 3 aromatic carbocycles. The molecular weight excluding hydrogens is 659 g/mol. The topological polar surface area (TPSA) is 92.2 Å². The molecule has 0 saturated heterocycles. The van der Waals surface area contributed by atoms with Gasteiger partial charge in [-0.1, -0.05) is 68.3 Å². The smallest absolute Gasteiger partial charge is 0.402 e. The number of hydrogen-bond donors (Lipinski definition) is 3. The van der Waals surface area contributed by atoms with Crippen molar-refractivity contribution in [3.05, 3.63) is 98.4 Å². The summed E-state index contributed by atoms with van der Waals surface area (Å²) in [5.41, 5.74) is 4.40. The van der Waals surface area contributed by atoms with Gasteiger partial charge in [0.25, 0.3) is 5.91 Å². The van der Waals surface area contributed by atoms with Crippen LogP contribution in [0.1, 0.15) is 29.2 Å². The van der Waals surface area contributed by atoms with Crippen molar-refractivity contribution < 1.29 is 32.5 Å². The van der Waals surface area contributed by atoms with Crippen LogP contribution < -0.4 is 15.6 Å². The minimum absolute atomic E-state index is 0.0126. The van der Waals surface area contributed by atoms with E-state index in [1.165, 1.54) is 0 Å². The highest BCUT2D eigenvalue weighted by molar-refractivity contribution is 9.10. The summed E-state index contributed by atoms with van der Waals surface area (Å²) in [5.74, 6) is -0.0559. The molecule has 40 heavy (non-hydrogen) atoms. The first kappa shape index (κ1) is 30.0. The van der Waals surface area contributed by atoms with Gasteiger partial charge in [0, 0.05) is 39.5 Å². The molecule has 1 amide bonds. The Balaban J connectivity index is 1.78. The first-order chi connectivity index (χ1) is 19.1. The largest absolute Gasteiger partial charge is 0.494 e. The number of amides is 1. The van der Waals surface area contributed by atoms with E-state index in [1.54, 1.807) is 54.6 Å². The van der Waals surface area contributed by atoms with Crippen molar-refractivity contribution in [1.82, 2.24) is 10.9 Å². The summed E-state index contributed by atoms with van der Waals surface area (Å²) in [6.45, 7) is -1.06. The van der Waals surface area contributed by atoms with Crippen molar-refractivity contribution in [1.29, 1.82) is 0 Å². The Labute approximate surface area is 246 Å². The van der Waals surface area contributed by atoms with Crippen LogP contribution in [0.15, 0.2) is 86.7 Å². The third-order valence-corrected chi connectivity index (χ3v) is 7.62.